The summed E-state index contributed by atoms with van der Waals surface area (Å²) in [6, 6.07) is 20.1. The van der Waals surface area contributed by atoms with Gasteiger partial charge < -0.3 is 20.1 Å². The highest BCUT2D eigenvalue weighted by atomic mass is 35.5. The van der Waals surface area contributed by atoms with Crippen LogP contribution in [0.25, 0.3) is 10.6 Å². The lowest BCUT2D eigenvalue weighted by molar-refractivity contribution is -0.117. The van der Waals surface area contributed by atoms with Gasteiger partial charge in [-0.2, -0.15) is 0 Å². The molecule has 3 N–H and O–H groups in total. The Morgan fingerprint density at radius 3 is 2.32 bits per heavy atom. The maximum absolute atomic E-state index is 13.2. The van der Waals surface area contributed by atoms with E-state index in [1.54, 1.807) is 30.3 Å². The highest BCUT2D eigenvalue weighted by molar-refractivity contribution is 7.18. The normalized spacial score (nSPS) is 11.3. The molecule has 1 heterocycles. The number of urea groups is 1. The van der Waals surface area contributed by atoms with Crippen molar-refractivity contribution in [3.05, 3.63) is 83.4 Å². The number of ether oxygens (including phenoxy) is 2. The molecule has 3 aromatic carbocycles. The summed E-state index contributed by atoms with van der Waals surface area (Å²) in [7, 11) is 3.04. The lowest BCUT2D eigenvalue weighted by atomic mass is 10.1. The molecular formula is C26H24ClN5O4S. The summed E-state index contributed by atoms with van der Waals surface area (Å²) in [5.41, 5.74) is 2.11. The first kappa shape index (κ1) is 25.9. The number of carbonyl (C=O) groups is 2. The molecule has 4 aromatic rings. The Hall–Kier alpha value is -4.15. The van der Waals surface area contributed by atoms with Gasteiger partial charge in [-0.15, -0.1) is 10.2 Å². The SMILES string of the molecule is COc1cc(NC(=O)N[C@H](Cc2ccccc2)C(=O)Nc2nnc(-c3cccc(Cl)c3)s2)cc(OC)c1. The molecule has 190 valence electrons. The van der Waals surface area contributed by atoms with E-state index in [4.69, 9.17) is 21.1 Å². The number of amides is 3. The zero-order chi connectivity index (χ0) is 26.2. The van der Waals surface area contributed by atoms with Gasteiger partial charge in [-0.1, -0.05) is 65.4 Å². The van der Waals surface area contributed by atoms with Gasteiger partial charge in [-0.05, 0) is 17.7 Å². The molecule has 3 amide bonds. The summed E-state index contributed by atoms with van der Waals surface area (Å²) in [6.45, 7) is 0. The molecule has 0 radical (unpaired) electrons. The van der Waals surface area contributed by atoms with Crippen LogP contribution in [0.3, 0.4) is 0 Å². The molecule has 1 atom stereocenters. The average molecular weight is 538 g/mol. The standard InChI is InChI=1S/C26H24ClN5O4S/c1-35-20-13-19(14-21(15-20)36-2)28-25(34)29-22(11-16-7-4-3-5-8-16)23(33)30-26-32-31-24(37-26)17-9-6-10-18(27)12-17/h3-10,12-15,22H,11H2,1-2H3,(H2,28,29,34)(H,30,32,33)/t22-/m1/s1. The molecule has 0 unspecified atom stereocenters. The molecule has 0 aliphatic carbocycles. The summed E-state index contributed by atoms with van der Waals surface area (Å²) < 4.78 is 10.5. The van der Waals surface area contributed by atoms with Crippen LogP contribution in [0.1, 0.15) is 5.56 Å². The molecule has 0 saturated heterocycles. The van der Waals surface area contributed by atoms with E-state index in [2.05, 4.69) is 26.1 Å². The quantitative estimate of drug-likeness (QED) is 0.269. The number of methoxy groups -OCH3 is 2. The van der Waals surface area contributed by atoms with Crippen molar-refractivity contribution in [3.8, 4) is 22.1 Å². The van der Waals surface area contributed by atoms with E-state index in [0.29, 0.717) is 32.3 Å². The molecule has 0 saturated carbocycles. The van der Waals surface area contributed by atoms with Crippen LogP contribution in [0.4, 0.5) is 15.6 Å². The number of hydrogen-bond donors (Lipinski definition) is 3. The molecule has 1 aromatic heterocycles. The summed E-state index contributed by atoms with van der Waals surface area (Å²) in [6.07, 6.45) is 0.265. The van der Waals surface area contributed by atoms with E-state index < -0.39 is 18.0 Å². The van der Waals surface area contributed by atoms with Crippen molar-refractivity contribution in [3.63, 3.8) is 0 Å². The van der Waals surface area contributed by atoms with Crippen molar-refractivity contribution in [2.45, 2.75) is 12.5 Å². The maximum Gasteiger partial charge on any atom is 0.319 e. The number of nitrogens with zero attached hydrogens (tertiary/aromatic N) is 2. The van der Waals surface area contributed by atoms with Crippen molar-refractivity contribution in [1.29, 1.82) is 0 Å². The lowest BCUT2D eigenvalue weighted by Crippen LogP contribution is -2.46. The molecule has 11 heteroatoms. The summed E-state index contributed by atoms with van der Waals surface area (Å²) in [5.74, 6) is 0.594. The zero-order valence-electron chi connectivity index (χ0n) is 20.0. The van der Waals surface area contributed by atoms with Gasteiger partial charge in [0.05, 0.1) is 14.2 Å². The largest absolute Gasteiger partial charge is 0.497 e. The van der Waals surface area contributed by atoms with Gasteiger partial charge in [0.15, 0.2) is 0 Å². The molecule has 0 spiro atoms. The number of rotatable bonds is 9. The molecule has 4 rings (SSSR count). The van der Waals surface area contributed by atoms with E-state index in [1.165, 1.54) is 25.6 Å². The molecule has 37 heavy (non-hydrogen) atoms. The van der Waals surface area contributed by atoms with Gasteiger partial charge in [-0.25, -0.2) is 4.79 Å². The van der Waals surface area contributed by atoms with Gasteiger partial charge >= 0.3 is 6.03 Å². The third-order valence-electron chi connectivity index (χ3n) is 5.24. The number of carbonyl (C=O) groups excluding carboxylic acids is 2. The molecular weight excluding hydrogens is 514 g/mol. The minimum absolute atomic E-state index is 0.265. The van der Waals surface area contributed by atoms with Crippen molar-refractivity contribution in [1.82, 2.24) is 15.5 Å². The smallest absolute Gasteiger partial charge is 0.319 e. The van der Waals surface area contributed by atoms with E-state index in [-0.39, 0.29) is 6.42 Å². The van der Waals surface area contributed by atoms with E-state index in [9.17, 15) is 9.59 Å². The molecule has 0 fully saturated rings. The second-order valence-corrected chi connectivity index (χ2v) is 9.27. The molecule has 0 aliphatic rings. The number of nitrogens with one attached hydrogen (secondary N) is 3. The Labute approximate surface area is 222 Å². The molecule has 9 nitrogen and oxygen atoms in total. The van der Waals surface area contributed by atoms with Crippen LogP contribution in [0.5, 0.6) is 11.5 Å². The van der Waals surface area contributed by atoms with Crippen LogP contribution in [0.15, 0.2) is 72.8 Å². The highest BCUT2D eigenvalue weighted by Gasteiger charge is 2.23. The number of anilines is 2. The van der Waals surface area contributed by atoms with Crippen LogP contribution in [-0.2, 0) is 11.2 Å². The fourth-order valence-corrected chi connectivity index (χ4v) is 4.40. The van der Waals surface area contributed by atoms with E-state index in [0.717, 1.165) is 11.1 Å². The highest BCUT2D eigenvalue weighted by Crippen LogP contribution is 2.28. The summed E-state index contributed by atoms with van der Waals surface area (Å²) in [5, 5.41) is 17.9. The van der Waals surface area contributed by atoms with Crippen molar-refractivity contribution < 1.29 is 19.1 Å². The molecule has 0 aliphatic heterocycles. The van der Waals surface area contributed by atoms with E-state index in [1.807, 2.05) is 42.5 Å². The predicted molar refractivity (Wildman–Crippen MR) is 145 cm³/mol. The lowest BCUT2D eigenvalue weighted by Gasteiger charge is -2.18. The number of aromatic nitrogens is 2. The minimum atomic E-state index is -0.895. The monoisotopic (exact) mass is 537 g/mol. The van der Waals surface area contributed by atoms with Crippen molar-refractivity contribution in [2.24, 2.45) is 0 Å². The van der Waals surface area contributed by atoms with Crippen molar-refractivity contribution >= 4 is 45.7 Å². The van der Waals surface area contributed by atoms with Crippen LogP contribution >= 0.6 is 22.9 Å². The summed E-state index contributed by atoms with van der Waals surface area (Å²) >= 11 is 7.28. The number of halogens is 1. The fraction of sp³-hybridized carbons (Fsp3) is 0.154. The van der Waals surface area contributed by atoms with Crippen LogP contribution < -0.4 is 25.4 Å². The Bertz CT molecular complexity index is 1360. The fourth-order valence-electron chi connectivity index (χ4n) is 3.47. The van der Waals surface area contributed by atoms with Crippen LogP contribution in [0.2, 0.25) is 5.02 Å². The third-order valence-corrected chi connectivity index (χ3v) is 6.36. The predicted octanol–water partition coefficient (Wildman–Crippen LogP) is 5.25. The van der Waals surface area contributed by atoms with Gasteiger partial charge in [0.2, 0.25) is 11.0 Å². The first-order valence-corrected chi connectivity index (χ1v) is 12.4. The second-order valence-electron chi connectivity index (χ2n) is 7.85. The second kappa shape index (κ2) is 12.2. The molecule has 0 bridgehead atoms. The Morgan fingerprint density at radius 2 is 1.65 bits per heavy atom. The number of benzene rings is 3. The van der Waals surface area contributed by atoms with Gasteiger partial charge in [0.1, 0.15) is 22.5 Å². The van der Waals surface area contributed by atoms with Crippen LogP contribution in [0, 0.1) is 0 Å². The van der Waals surface area contributed by atoms with Crippen LogP contribution in [-0.4, -0.2) is 42.4 Å². The van der Waals surface area contributed by atoms with E-state index >= 15 is 0 Å². The maximum atomic E-state index is 13.2. The Morgan fingerprint density at radius 1 is 0.919 bits per heavy atom. The third kappa shape index (κ3) is 7.18. The summed E-state index contributed by atoms with van der Waals surface area (Å²) in [4.78, 5) is 26.1. The minimum Gasteiger partial charge on any atom is -0.497 e. The van der Waals surface area contributed by atoms with Gasteiger partial charge in [-0.3, -0.25) is 10.1 Å². The zero-order valence-corrected chi connectivity index (χ0v) is 21.6. The Balaban J connectivity index is 1.49. The average Bonchev–Trinajstić information content (AvgIpc) is 3.37. The number of hydrogen-bond acceptors (Lipinski definition) is 7. The Kier molecular flexibility index (Phi) is 8.55. The first-order valence-electron chi connectivity index (χ1n) is 11.2. The first-order chi connectivity index (χ1) is 17.9. The van der Waals surface area contributed by atoms with Crippen molar-refractivity contribution in [2.75, 3.05) is 24.9 Å². The van der Waals surface area contributed by atoms with Gasteiger partial charge in [0.25, 0.3) is 0 Å². The topological polar surface area (TPSA) is 114 Å². The van der Waals surface area contributed by atoms with Gasteiger partial charge in [0, 0.05) is 40.9 Å².